The van der Waals surface area contributed by atoms with Crippen molar-refractivity contribution in [3.63, 3.8) is 0 Å². The molecule has 1 aliphatic carbocycles. The van der Waals surface area contributed by atoms with Gasteiger partial charge in [-0.15, -0.1) is 0 Å². The molecule has 4 heterocycles. The summed E-state index contributed by atoms with van der Waals surface area (Å²) in [6.07, 6.45) is 7.28. The number of imidazole rings is 1. The summed E-state index contributed by atoms with van der Waals surface area (Å²) in [6, 6.07) is 27.8. The molecule has 1 aliphatic rings. The molecule has 1 amide bonds. The van der Waals surface area contributed by atoms with Crippen LogP contribution in [0.3, 0.4) is 0 Å². The molecule has 12 nitrogen and oxygen atoms in total. The Balaban J connectivity index is 1.09. The van der Waals surface area contributed by atoms with Crippen molar-refractivity contribution in [3.8, 4) is 28.6 Å². The summed E-state index contributed by atoms with van der Waals surface area (Å²) in [4.78, 5) is 39.7. The summed E-state index contributed by atoms with van der Waals surface area (Å²) in [7, 11) is 0. The van der Waals surface area contributed by atoms with Gasteiger partial charge in [0.25, 0.3) is 5.91 Å². The number of hydrogen-bond donors (Lipinski definition) is 3. The largest absolute Gasteiger partial charge is 0.488 e. The minimum atomic E-state index is -0.368. The third-order valence-corrected chi connectivity index (χ3v) is 8.87. The van der Waals surface area contributed by atoms with Crippen LogP contribution in [0.2, 0.25) is 0 Å². The Kier molecular flexibility index (Phi) is 7.72. The Morgan fingerprint density at radius 2 is 1.84 bits per heavy atom. The van der Waals surface area contributed by atoms with Gasteiger partial charge in [0.15, 0.2) is 23.6 Å². The van der Waals surface area contributed by atoms with E-state index in [0.29, 0.717) is 52.6 Å². The molecule has 0 aliphatic heterocycles. The first-order valence-corrected chi connectivity index (χ1v) is 16.1. The van der Waals surface area contributed by atoms with Crippen LogP contribution in [0.15, 0.2) is 110 Å². The number of rotatable bonds is 9. The minimum Gasteiger partial charge on any atom is -0.488 e. The van der Waals surface area contributed by atoms with E-state index in [-0.39, 0.29) is 35.4 Å². The van der Waals surface area contributed by atoms with Crippen molar-refractivity contribution in [1.82, 2.24) is 34.6 Å². The van der Waals surface area contributed by atoms with Crippen molar-refractivity contribution >= 4 is 34.9 Å². The lowest BCUT2D eigenvalue weighted by molar-refractivity contribution is 0.0937. The predicted octanol–water partition coefficient (Wildman–Crippen LogP) is 5.64. The average molecular weight is 662 g/mol. The van der Waals surface area contributed by atoms with Crippen LogP contribution in [0.5, 0.6) is 5.75 Å². The normalized spacial score (nSPS) is 13.6. The molecular weight excluding hydrogens is 630 g/mol. The number of carbonyl (C=O) groups excluding carboxylic acids is 2. The van der Waals surface area contributed by atoms with Crippen LogP contribution >= 0.6 is 0 Å². The minimum absolute atomic E-state index is 0.215. The number of carbonyl (C=O) groups is 2. The molecule has 246 valence electrons. The molecule has 4 aromatic heterocycles. The van der Waals surface area contributed by atoms with E-state index in [4.69, 9.17) is 26.2 Å². The van der Waals surface area contributed by atoms with Crippen LogP contribution < -0.4 is 21.5 Å². The van der Waals surface area contributed by atoms with E-state index in [2.05, 4.69) is 21.5 Å². The second-order valence-corrected chi connectivity index (χ2v) is 12.0. The number of hydrogen-bond acceptors (Lipinski definition) is 9. The van der Waals surface area contributed by atoms with Gasteiger partial charge >= 0.3 is 0 Å². The predicted molar refractivity (Wildman–Crippen MR) is 189 cm³/mol. The number of pyridine rings is 2. The summed E-state index contributed by atoms with van der Waals surface area (Å²) in [5, 5.41) is 7.47. The maximum atomic E-state index is 13.6. The number of aldehydes is 1. The molecule has 0 saturated carbocycles. The zero-order valence-corrected chi connectivity index (χ0v) is 26.7. The molecule has 0 spiro atoms. The number of nitrogens with two attached hydrogens (primary N) is 2. The number of nitrogens with zero attached hydrogens (tertiary/aromatic N) is 6. The lowest BCUT2D eigenvalue weighted by Gasteiger charge is -2.17. The summed E-state index contributed by atoms with van der Waals surface area (Å²) in [6.45, 7) is 0.265. The Morgan fingerprint density at radius 1 is 0.960 bits per heavy atom. The Bertz CT molecular complexity index is 2390. The van der Waals surface area contributed by atoms with Gasteiger partial charge in [-0.05, 0) is 78.1 Å². The van der Waals surface area contributed by atoms with Crippen LogP contribution in [-0.4, -0.2) is 41.5 Å². The molecule has 0 saturated heterocycles. The molecule has 0 radical (unpaired) electrons. The number of aromatic nitrogens is 6. The van der Waals surface area contributed by atoms with Crippen molar-refractivity contribution in [2.45, 2.75) is 25.5 Å². The molecule has 3 aromatic carbocycles. The lowest BCUT2D eigenvalue weighted by atomic mass is 10.0. The molecule has 50 heavy (non-hydrogen) atoms. The third kappa shape index (κ3) is 5.58. The molecule has 0 bridgehead atoms. The number of benzene rings is 3. The van der Waals surface area contributed by atoms with E-state index < -0.39 is 0 Å². The Hall–Kier alpha value is -6.82. The van der Waals surface area contributed by atoms with Gasteiger partial charge in [-0.25, -0.2) is 19.6 Å². The van der Waals surface area contributed by atoms with E-state index in [1.165, 1.54) is 12.1 Å². The number of anilines is 2. The van der Waals surface area contributed by atoms with Crippen molar-refractivity contribution in [2.75, 3.05) is 11.5 Å². The van der Waals surface area contributed by atoms with Gasteiger partial charge in [-0.1, -0.05) is 36.4 Å². The van der Waals surface area contributed by atoms with Crippen molar-refractivity contribution in [2.24, 2.45) is 0 Å². The maximum absolute atomic E-state index is 13.6. The van der Waals surface area contributed by atoms with Crippen molar-refractivity contribution in [3.05, 3.63) is 137 Å². The molecular formula is C38H31N9O3. The number of nitrogens with one attached hydrogen (secondary N) is 1. The third-order valence-electron chi connectivity index (χ3n) is 8.87. The lowest BCUT2D eigenvalue weighted by Crippen LogP contribution is -2.28. The average Bonchev–Trinajstić information content (AvgIpc) is 3.90. The quantitative estimate of drug-likeness (QED) is 0.131. The molecule has 5 N–H and O–H groups in total. The fraction of sp³-hybridized carbons (Fsp3) is 0.105. The summed E-state index contributed by atoms with van der Waals surface area (Å²) < 4.78 is 9.55. The molecule has 1 atom stereocenters. The molecule has 0 unspecified atom stereocenters. The van der Waals surface area contributed by atoms with Gasteiger partial charge in [0, 0.05) is 36.0 Å². The highest BCUT2D eigenvalue weighted by Gasteiger charge is 2.27. The van der Waals surface area contributed by atoms with Crippen molar-refractivity contribution < 1.29 is 14.3 Å². The number of ether oxygens (including phenoxy) is 1. The number of amides is 1. The second-order valence-electron chi connectivity index (χ2n) is 12.0. The van der Waals surface area contributed by atoms with Crippen LogP contribution in [0.25, 0.3) is 34.1 Å². The highest BCUT2D eigenvalue weighted by molar-refractivity contribution is 6.01. The number of fused-ring (bicyclic) bond motifs is 2. The van der Waals surface area contributed by atoms with E-state index in [0.717, 1.165) is 28.8 Å². The molecule has 7 aromatic rings. The Labute approximate surface area is 286 Å². The van der Waals surface area contributed by atoms with Gasteiger partial charge in [0.05, 0.1) is 22.7 Å². The Morgan fingerprint density at radius 3 is 2.64 bits per heavy atom. The van der Waals surface area contributed by atoms with Crippen LogP contribution in [-0.2, 0) is 13.0 Å². The van der Waals surface area contributed by atoms with Crippen LogP contribution in [0, 0.1) is 0 Å². The number of nitrogen functional groups attached to an aromatic ring is 2. The summed E-state index contributed by atoms with van der Waals surface area (Å²) >= 11 is 0. The van der Waals surface area contributed by atoms with E-state index in [9.17, 15) is 9.59 Å². The van der Waals surface area contributed by atoms with Gasteiger partial charge in [0.2, 0.25) is 0 Å². The summed E-state index contributed by atoms with van der Waals surface area (Å²) in [5.41, 5.74) is 19.2. The van der Waals surface area contributed by atoms with E-state index in [1.807, 2.05) is 83.6 Å². The highest BCUT2D eigenvalue weighted by atomic mass is 16.5. The maximum Gasteiger partial charge on any atom is 0.253 e. The molecule has 12 heteroatoms. The second kappa shape index (κ2) is 12.7. The fourth-order valence-corrected chi connectivity index (χ4v) is 6.40. The van der Waals surface area contributed by atoms with Crippen molar-refractivity contribution in [1.29, 1.82) is 0 Å². The zero-order valence-electron chi connectivity index (χ0n) is 26.7. The first-order chi connectivity index (χ1) is 24.5. The van der Waals surface area contributed by atoms with Gasteiger partial charge in [0.1, 0.15) is 23.7 Å². The monoisotopic (exact) mass is 661 g/mol. The summed E-state index contributed by atoms with van der Waals surface area (Å²) in [5.74, 6) is 1.56. The van der Waals surface area contributed by atoms with Crippen LogP contribution in [0.4, 0.5) is 11.5 Å². The van der Waals surface area contributed by atoms with Crippen LogP contribution in [0.1, 0.15) is 49.9 Å². The molecule has 8 rings (SSSR count). The SMILES string of the molecule is Nc1cc(OCc2ccccc2)c(C=O)cc1C(=O)N[C@H]1CCc2cc(-n3c(-c4cccnc4N)nc4ccc(-n5cccn5)nc43)ccc21. The first kappa shape index (κ1) is 30.5. The van der Waals surface area contributed by atoms with E-state index >= 15 is 0 Å². The topological polar surface area (TPSA) is 169 Å². The van der Waals surface area contributed by atoms with Gasteiger partial charge in [-0.3, -0.25) is 14.2 Å². The van der Waals surface area contributed by atoms with Gasteiger partial charge in [-0.2, -0.15) is 5.10 Å². The fourth-order valence-electron chi connectivity index (χ4n) is 6.40. The standard InChI is InChI=1S/C38H31N9O3/c39-30-20-33(50-22-23-6-2-1-3-7-23)25(21-48)19-29(30)38(49)44-31-12-9-24-18-26(10-11-27(24)31)47-36(28-8-4-15-41-35(28)40)43-32-13-14-34(45-37(32)47)46-17-5-16-42-46/h1-8,10-11,13-21,31H,9,12,22,39H2,(H2,40,41)(H,44,49)/t31-/m0/s1. The smallest absolute Gasteiger partial charge is 0.253 e. The number of aryl methyl sites for hydroxylation is 1. The molecule has 0 fully saturated rings. The van der Waals surface area contributed by atoms with Gasteiger partial charge < -0.3 is 21.5 Å². The first-order valence-electron chi connectivity index (χ1n) is 16.1. The zero-order chi connectivity index (χ0) is 34.2. The van der Waals surface area contributed by atoms with E-state index in [1.54, 1.807) is 17.1 Å². The highest BCUT2D eigenvalue weighted by Crippen LogP contribution is 2.36.